The van der Waals surface area contributed by atoms with Gasteiger partial charge in [0.25, 0.3) is 0 Å². The number of rotatable bonds is 2. The Hall–Kier alpha value is -1.71. The second kappa shape index (κ2) is 4.04. The molecule has 1 aromatic rings. The molecule has 0 saturated carbocycles. The monoisotopic (exact) mass is 219 g/mol. The lowest BCUT2D eigenvalue weighted by Crippen LogP contribution is -2.49. The van der Waals surface area contributed by atoms with Crippen LogP contribution in [-0.2, 0) is 4.79 Å². The Bertz CT molecular complexity index is 405. The molecule has 2 rings (SSSR count). The van der Waals surface area contributed by atoms with Crippen molar-refractivity contribution in [2.45, 2.75) is 13.0 Å². The molecule has 1 unspecified atom stereocenters. The first-order chi connectivity index (χ1) is 7.61. The van der Waals surface area contributed by atoms with Crippen LogP contribution < -0.4 is 15.5 Å². The molecule has 86 valence electrons. The molecule has 0 radical (unpaired) electrons. The number of nitrogens with zero attached hydrogens (tertiary/aromatic N) is 2. The van der Waals surface area contributed by atoms with Gasteiger partial charge in [0, 0.05) is 20.1 Å². The largest absolute Gasteiger partial charge is 0.371 e. The summed E-state index contributed by atoms with van der Waals surface area (Å²) in [5.41, 5.74) is 7.60. The van der Waals surface area contributed by atoms with Gasteiger partial charge < -0.3 is 15.5 Å². The highest BCUT2D eigenvalue weighted by molar-refractivity contribution is 5.86. The van der Waals surface area contributed by atoms with Crippen LogP contribution >= 0.6 is 0 Å². The first-order valence-corrected chi connectivity index (χ1v) is 5.47. The molecule has 0 spiro atoms. The van der Waals surface area contributed by atoms with E-state index in [2.05, 4.69) is 22.9 Å². The van der Waals surface area contributed by atoms with Gasteiger partial charge in [0.15, 0.2) is 0 Å². The van der Waals surface area contributed by atoms with Gasteiger partial charge in [0.1, 0.15) is 6.04 Å². The number of carbonyl (C=O) groups is 1. The predicted octanol–water partition coefficient (Wildman–Crippen LogP) is 0.817. The van der Waals surface area contributed by atoms with Gasteiger partial charge >= 0.3 is 0 Å². The molecule has 16 heavy (non-hydrogen) atoms. The first kappa shape index (κ1) is 10.8. The normalized spacial score (nSPS) is 16.9. The zero-order chi connectivity index (χ0) is 11.7. The number of amides is 1. The van der Waals surface area contributed by atoms with E-state index in [1.807, 2.05) is 25.1 Å². The van der Waals surface area contributed by atoms with Gasteiger partial charge in [0.05, 0.1) is 11.4 Å². The summed E-state index contributed by atoms with van der Waals surface area (Å²) in [5, 5.41) is 0. The van der Waals surface area contributed by atoms with Crippen LogP contribution in [0.5, 0.6) is 0 Å². The molecule has 2 N–H and O–H groups in total. The lowest BCUT2D eigenvalue weighted by molar-refractivity contribution is -0.118. The summed E-state index contributed by atoms with van der Waals surface area (Å²) in [6.45, 7) is 3.59. The third kappa shape index (κ3) is 1.71. The van der Waals surface area contributed by atoms with E-state index in [4.69, 9.17) is 5.73 Å². The van der Waals surface area contributed by atoms with Crippen LogP contribution in [0.3, 0.4) is 0 Å². The number of fused-ring (bicyclic) bond motifs is 1. The number of nitrogens with two attached hydrogens (primary N) is 1. The zero-order valence-corrected chi connectivity index (χ0v) is 9.68. The van der Waals surface area contributed by atoms with Gasteiger partial charge in [-0.15, -0.1) is 0 Å². The van der Waals surface area contributed by atoms with E-state index < -0.39 is 0 Å². The van der Waals surface area contributed by atoms with Crippen molar-refractivity contribution in [1.82, 2.24) is 0 Å². The molecule has 0 aromatic heterocycles. The minimum Gasteiger partial charge on any atom is -0.371 e. The van der Waals surface area contributed by atoms with Crippen LogP contribution in [0, 0.1) is 0 Å². The number of hydrogen-bond acceptors (Lipinski definition) is 3. The molecule has 1 heterocycles. The summed E-state index contributed by atoms with van der Waals surface area (Å²) >= 11 is 0. The summed E-state index contributed by atoms with van der Waals surface area (Å²) in [7, 11) is 2.06. The minimum atomic E-state index is -0.278. The molecule has 1 aliphatic rings. The molecular weight excluding hydrogens is 202 g/mol. The first-order valence-electron chi connectivity index (χ1n) is 5.47. The average molecular weight is 219 g/mol. The molecule has 1 amide bonds. The number of para-hydroxylation sites is 2. The van der Waals surface area contributed by atoms with Crippen molar-refractivity contribution >= 4 is 17.3 Å². The highest BCUT2D eigenvalue weighted by atomic mass is 16.1. The molecule has 0 saturated heterocycles. The Labute approximate surface area is 95.6 Å². The van der Waals surface area contributed by atoms with Crippen LogP contribution in [-0.4, -0.2) is 32.1 Å². The van der Waals surface area contributed by atoms with E-state index in [1.54, 1.807) is 0 Å². The standard InChI is InChI=1S/C12H17N3O/c1-9(12(13)16)15-8-7-14(2)10-5-3-4-6-11(10)15/h3-6,9H,7-8H2,1-2H3,(H2,13,16). The molecule has 1 atom stereocenters. The van der Waals surface area contributed by atoms with Crippen LogP contribution in [0.2, 0.25) is 0 Å². The Morgan fingerprint density at radius 1 is 1.31 bits per heavy atom. The van der Waals surface area contributed by atoms with Crippen LogP contribution in [0.15, 0.2) is 24.3 Å². The second-order valence-electron chi connectivity index (χ2n) is 4.18. The third-order valence-corrected chi connectivity index (χ3v) is 3.16. The number of benzene rings is 1. The van der Waals surface area contributed by atoms with Gasteiger partial charge in [-0.1, -0.05) is 12.1 Å². The highest BCUT2D eigenvalue weighted by Crippen LogP contribution is 2.32. The Balaban J connectivity index is 2.38. The van der Waals surface area contributed by atoms with E-state index in [1.165, 1.54) is 0 Å². The molecule has 4 nitrogen and oxygen atoms in total. The Morgan fingerprint density at radius 3 is 2.56 bits per heavy atom. The topological polar surface area (TPSA) is 49.6 Å². The van der Waals surface area contributed by atoms with Crippen molar-refractivity contribution in [2.24, 2.45) is 5.73 Å². The SMILES string of the molecule is CC(C(N)=O)N1CCN(C)c2ccccc21. The molecule has 0 bridgehead atoms. The van der Waals surface area contributed by atoms with Gasteiger partial charge in [-0.05, 0) is 19.1 Å². The van der Waals surface area contributed by atoms with Crippen molar-refractivity contribution in [3.05, 3.63) is 24.3 Å². The molecular formula is C12H17N3O. The van der Waals surface area contributed by atoms with Gasteiger partial charge in [0.2, 0.25) is 5.91 Å². The lowest BCUT2D eigenvalue weighted by Gasteiger charge is -2.39. The van der Waals surface area contributed by atoms with E-state index in [-0.39, 0.29) is 11.9 Å². The summed E-state index contributed by atoms with van der Waals surface area (Å²) < 4.78 is 0. The summed E-state index contributed by atoms with van der Waals surface area (Å²) in [5.74, 6) is -0.278. The van der Waals surface area contributed by atoms with Gasteiger partial charge in [-0.3, -0.25) is 4.79 Å². The lowest BCUT2D eigenvalue weighted by atomic mass is 10.1. The van der Waals surface area contributed by atoms with E-state index in [0.717, 1.165) is 24.5 Å². The third-order valence-electron chi connectivity index (χ3n) is 3.16. The zero-order valence-electron chi connectivity index (χ0n) is 9.68. The Kier molecular flexibility index (Phi) is 2.73. The van der Waals surface area contributed by atoms with Crippen LogP contribution in [0.1, 0.15) is 6.92 Å². The van der Waals surface area contributed by atoms with E-state index >= 15 is 0 Å². The maximum absolute atomic E-state index is 11.3. The second-order valence-corrected chi connectivity index (χ2v) is 4.18. The quantitative estimate of drug-likeness (QED) is 0.801. The van der Waals surface area contributed by atoms with Crippen molar-refractivity contribution in [1.29, 1.82) is 0 Å². The molecule has 1 aromatic carbocycles. The van der Waals surface area contributed by atoms with Crippen molar-refractivity contribution in [2.75, 3.05) is 29.9 Å². The maximum atomic E-state index is 11.3. The summed E-state index contributed by atoms with van der Waals surface area (Å²) in [4.78, 5) is 15.5. The number of primary amides is 1. The number of carbonyl (C=O) groups excluding carboxylic acids is 1. The van der Waals surface area contributed by atoms with Crippen molar-refractivity contribution in [3.8, 4) is 0 Å². The maximum Gasteiger partial charge on any atom is 0.239 e. The number of hydrogen-bond donors (Lipinski definition) is 1. The van der Waals surface area contributed by atoms with Gasteiger partial charge in [-0.2, -0.15) is 0 Å². The van der Waals surface area contributed by atoms with Crippen molar-refractivity contribution < 1.29 is 4.79 Å². The van der Waals surface area contributed by atoms with E-state index in [9.17, 15) is 4.79 Å². The van der Waals surface area contributed by atoms with E-state index in [0.29, 0.717) is 0 Å². The minimum absolute atomic E-state index is 0.255. The molecule has 4 heteroatoms. The highest BCUT2D eigenvalue weighted by Gasteiger charge is 2.26. The molecule has 1 aliphatic heterocycles. The smallest absolute Gasteiger partial charge is 0.239 e. The number of likely N-dealkylation sites (N-methyl/N-ethyl adjacent to an activating group) is 1. The molecule has 0 aliphatic carbocycles. The summed E-state index contributed by atoms with van der Waals surface area (Å²) in [6, 6.07) is 7.83. The fourth-order valence-electron chi connectivity index (χ4n) is 2.08. The Morgan fingerprint density at radius 2 is 1.94 bits per heavy atom. The van der Waals surface area contributed by atoms with Crippen LogP contribution in [0.4, 0.5) is 11.4 Å². The number of anilines is 2. The van der Waals surface area contributed by atoms with Crippen LogP contribution in [0.25, 0.3) is 0 Å². The molecule has 0 fully saturated rings. The predicted molar refractivity (Wildman–Crippen MR) is 65.7 cm³/mol. The average Bonchev–Trinajstić information content (AvgIpc) is 2.29. The fourth-order valence-corrected chi connectivity index (χ4v) is 2.08. The van der Waals surface area contributed by atoms with Crippen molar-refractivity contribution in [3.63, 3.8) is 0 Å². The van der Waals surface area contributed by atoms with Gasteiger partial charge in [-0.25, -0.2) is 0 Å². The summed E-state index contributed by atoms with van der Waals surface area (Å²) in [6.07, 6.45) is 0. The fraction of sp³-hybridized carbons (Fsp3) is 0.417.